The van der Waals surface area contributed by atoms with Gasteiger partial charge in [0.1, 0.15) is 11.5 Å². The molecule has 0 fully saturated rings. The van der Waals surface area contributed by atoms with Crippen molar-refractivity contribution in [2.24, 2.45) is 0 Å². The minimum absolute atomic E-state index is 0.00673. The summed E-state index contributed by atoms with van der Waals surface area (Å²) in [6.45, 7) is 0. The zero-order valence-corrected chi connectivity index (χ0v) is 15.2. The molecular weight excluding hydrogens is 377 g/mol. The lowest BCUT2D eigenvalue weighted by Gasteiger charge is -2.14. The minimum atomic E-state index is -0.861. The first-order valence-corrected chi connectivity index (χ1v) is 7.99. The number of carbonyl (C=O) groups excluding carboxylic acids is 3. The van der Waals surface area contributed by atoms with Crippen molar-refractivity contribution in [3.8, 4) is 0 Å². The quantitative estimate of drug-likeness (QED) is 0.462. The van der Waals surface area contributed by atoms with Crippen LogP contribution in [-0.4, -0.2) is 31.9 Å². The van der Waals surface area contributed by atoms with E-state index in [1.54, 1.807) is 0 Å². The average molecular weight is 392 g/mol. The third-order valence-electron chi connectivity index (χ3n) is 3.48. The number of ether oxygens (including phenoxy) is 2. The summed E-state index contributed by atoms with van der Waals surface area (Å²) >= 11 is 5.97. The number of anilines is 1. The minimum Gasteiger partial charge on any atom is -0.466 e. The maximum absolute atomic E-state index is 14.0. The van der Waals surface area contributed by atoms with Crippen molar-refractivity contribution in [3.05, 3.63) is 76.2 Å². The lowest BCUT2D eigenvalue weighted by atomic mass is 10.0. The molecule has 0 amide bonds. The Morgan fingerprint density at radius 2 is 1.74 bits per heavy atom. The van der Waals surface area contributed by atoms with Gasteiger partial charge in [-0.3, -0.25) is 4.79 Å². The van der Waals surface area contributed by atoms with Crippen molar-refractivity contribution in [2.45, 2.75) is 0 Å². The molecule has 0 bridgehead atoms. The predicted molar refractivity (Wildman–Crippen MR) is 97.0 cm³/mol. The first-order chi connectivity index (χ1) is 12.9. The van der Waals surface area contributed by atoms with E-state index >= 15 is 0 Å². The molecule has 0 aliphatic heterocycles. The largest absolute Gasteiger partial charge is 0.466 e. The molecule has 0 unspecified atom stereocenters. The van der Waals surface area contributed by atoms with E-state index in [1.165, 1.54) is 36.4 Å². The van der Waals surface area contributed by atoms with Gasteiger partial charge in [-0.15, -0.1) is 0 Å². The van der Waals surface area contributed by atoms with E-state index in [0.29, 0.717) is 0 Å². The zero-order chi connectivity index (χ0) is 20.0. The maximum atomic E-state index is 14.0. The molecule has 0 aliphatic carbocycles. The first-order valence-electron chi connectivity index (χ1n) is 7.61. The summed E-state index contributed by atoms with van der Waals surface area (Å²) < 4.78 is 23.1. The van der Waals surface area contributed by atoms with Crippen LogP contribution in [0, 0.1) is 5.82 Å². The molecule has 0 heterocycles. The number of esters is 2. The zero-order valence-electron chi connectivity index (χ0n) is 14.4. The molecule has 27 heavy (non-hydrogen) atoms. The Balaban J connectivity index is 2.50. The molecule has 0 aromatic heterocycles. The van der Waals surface area contributed by atoms with E-state index in [2.05, 4.69) is 14.8 Å². The van der Waals surface area contributed by atoms with Crippen LogP contribution in [0.25, 0.3) is 0 Å². The van der Waals surface area contributed by atoms with Gasteiger partial charge in [-0.2, -0.15) is 0 Å². The van der Waals surface area contributed by atoms with Crippen LogP contribution in [0.1, 0.15) is 15.9 Å². The second kappa shape index (κ2) is 8.95. The number of benzene rings is 2. The van der Waals surface area contributed by atoms with Crippen LogP contribution >= 0.6 is 11.6 Å². The van der Waals surface area contributed by atoms with Gasteiger partial charge in [0.2, 0.25) is 0 Å². The van der Waals surface area contributed by atoms with E-state index in [0.717, 1.165) is 26.4 Å². The summed E-state index contributed by atoms with van der Waals surface area (Å²) in [5.74, 6) is -3.02. The van der Waals surface area contributed by atoms with Crippen LogP contribution in [0.3, 0.4) is 0 Å². The summed E-state index contributed by atoms with van der Waals surface area (Å²) in [5, 5.41) is 2.88. The Kier molecular flexibility index (Phi) is 6.67. The van der Waals surface area contributed by atoms with Crippen molar-refractivity contribution < 1.29 is 28.2 Å². The number of ketones is 1. The number of hydrogen-bond donors (Lipinski definition) is 1. The van der Waals surface area contributed by atoms with Crippen molar-refractivity contribution >= 4 is 35.0 Å². The highest BCUT2D eigenvalue weighted by molar-refractivity contribution is 6.31. The highest BCUT2D eigenvalue weighted by atomic mass is 35.5. The molecule has 6 nitrogen and oxygen atoms in total. The SMILES string of the molecule is COC(=O)/C=C(/Nc1ccc(Cl)cc1C(=O)c1ccccc1F)C(=O)OC. The molecule has 0 saturated carbocycles. The Hall–Kier alpha value is -3.19. The molecule has 2 aromatic carbocycles. The van der Waals surface area contributed by atoms with E-state index in [1.807, 2.05) is 0 Å². The van der Waals surface area contributed by atoms with Crippen LogP contribution in [0.2, 0.25) is 5.02 Å². The molecule has 0 aliphatic rings. The van der Waals surface area contributed by atoms with Gasteiger partial charge in [-0.05, 0) is 30.3 Å². The third kappa shape index (κ3) is 4.92. The molecule has 0 radical (unpaired) electrons. The van der Waals surface area contributed by atoms with Gasteiger partial charge < -0.3 is 14.8 Å². The molecule has 0 atom stereocenters. The second-order valence-electron chi connectivity index (χ2n) is 5.20. The van der Waals surface area contributed by atoms with Gasteiger partial charge in [-0.1, -0.05) is 23.7 Å². The Morgan fingerprint density at radius 1 is 1.04 bits per heavy atom. The number of hydrogen-bond acceptors (Lipinski definition) is 6. The average Bonchev–Trinajstić information content (AvgIpc) is 2.67. The summed E-state index contributed by atoms with van der Waals surface area (Å²) in [5.41, 5.74) is -0.297. The van der Waals surface area contributed by atoms with Gasteiger partial charge in [0, 0.05) is 10.6 Å². The van der Waals surface area contributed by atoms with Crippen molar-refractivity contribution in [1.82, 2.24) is 0 Å². The molecule has 1 N–H and O–H groups in total. The smallest absolute Gasteiger partial charge is 0.354 e. The molecule has 2 aromatic rings. The maximum Gasteiger partial charge on any atom is 0.354 e. The molecule has 0 spiro atoms. The van der Waals surface area contributed by atoms with Gasteiger partial charge in [0.25, 0.3) is 0 Å². The lowest BCUT2D eigenvalue weighted by Crippen LogP contribution is -2.17. The van der Waals surface area contributed by atoms with Crippen LogP contribution in [-0.2, 0) is 19.1 Å². The fraction of sp³-hybridized carbons (Fsp3) is 0.105. The van der Waals surface area contributed by atoms with E-state index in [-0.39, 0.29) is 27.5 Å². The normalized spacial score (nSPS) is 10.9. The predicted octanol–water partition coefficient (Wildman–Crippen LogP) is 3.35. The fourth-order valence-electron chi connectivity index (χ4n) is 2.18. The Bertz CT molecular complexity index is 926. The number of methoxy groups -OCH3 is 2. The number of carbonyl (C=O) groups is 3. The highest BCUT2D eigenvalue weighted by Crippen LogP contribution is 2.26. The lowest BCUT2D eigenvalue weighted by molar-refractivity contribution is -0.138. The molecular formula is C19H15ClFNO5. The summed E-state index contributed by atoms with van der Waals surface area (Å²) in [6, 6.07) is 9.67. The van der Waals surface area contributed by atoms with Crippen molar-refractivity contribution in [1.29, 1.82) is 0 Å². The van der Waals surface area contributed by atoms with Gasteiger partial charge >= 0.3 is 11.9 Å². The highest BCUT2D eigenvalue weighted by Gasteiger charge is 2.20. The number of halogens is 2. The van der Waals surface area contributed by atoms with Crippen LogP contribution in [0.5, 0.6) is 0 Å². The molecule has 2 rings (SSSR count). The van der Waals surface area contributed by atoms with Crippen LogP contribution < -0.4 is 5.32 Å². The Labute approximate surface area is 159 Å². The van der Waals surface area contributed by atoms with Gasteiger partial charge in [-0.25, -0.2) is 14.0 Å². The van der Waals surface area contributed by atoms with E-state index < -0.39 is 23.5 Å². The topological polar surface area (TPSA) is 81.7 Å². The van der Waals surface area contributed by atoms with Crippen molar-refractivity contribution in [3.63, 3.8) is 0 Å². The standard InChI is InChI=1S/C19H15ClFNO5/c1-26-17(23)10-16(19(25)27-2)22-15-8-7-11(20)9-13(15)18(24)12-5-3-4-6-14(12)21/h3-10,22H,1-2H3/b16-10+. The second-order valence-corrected chi connectivity index (χ2v) is 5.63. The molecule has 8 heteroatoms. The van der Waals surface area contributed by atoms with Crippen LogP contribution in [0.15, 0.2) is 54.2 Å². The monoisotopic (exact) mass is 391 g/mol. The molecule has 0 saturated heterocycles. The van der Waals surface area contributed by atoms with E-state index in [4.69, 9.17) is 11.6 Å². The summed E-state index contributed by atoms with van der Waals surface area (Å²) in [6.07, 6.45) is 0.873. The van der Waals surface area contributed by atoms with Crippen molar-refractivity contribution in [2.75, 3.05) is 19.5 Å². The summed E-state index contributed by atoms with van der Waals surface area (Å²) in [7, 11) is 2.27. The van der Waals surface area contributed by atoms with Gasteiger partial charge in [0.05, 0.1) is 31.5 Å². The number of rotatable bonds is 6. The Morgan fingerprint density at radius 3 is 2.37 bits per heavy atom. The first kappa shape index (κ1) is 20.1. The van der Waals surface area contributed by atoms with Crippen LogP contribution in [0.4, 0.5) is 10.1 Å². The summed E-state index contributed by atoms with van der Waals surface area (Å²) in [4.78, 5) is 36.2. The molecule has 140 valence electrons. The number of nitrogens with one attached hydrogen (secondary N) is 1. The van der Waals surface area contributed by atoms with E-state index in [9.17, 15) is 18.8 Å². The fourth-order valence-corrected chi connectivity index (χ4v) is 2.35. The van der Waals surface area contributed by atoms with Gasteiger partial charge in [0.15, 0.2) is 5.78 Å². The third-order valence-corrected chi connectivity index (χ3v) is 3.72.